The topological polar surface area (TPSA) is 47.1 Å². The molecule has 4 heteroatoms. The normalized spacial score (nSPS) is 13.1. The molecule has 4 rings (SSSR count). The lowest BCUT2D eigenvalue weighted by Crippen LogP contribution is -2.02. The van der Waals surface area contributed by atoms with Gasteiger partial charge in [0.05, 0.1) is 29.8 Å². The Kier molecular flexibility index (Phi) is 15.9. The zero-order valence-corrected chi connectivity index (χ0v) is 27.4. The number of ether oxygens (including phenoxy) is 2. The average molecular weight is 589 g/mol. The molecule has 1 aromatic heterocycles. The third kappa shape index (κ3) is 13.4. The van der Waals surface area contributed by atoms with E-state index in [1.807, 2.05) is 18.2 Å². The van der Waals surface area contributed by atoms with Crippen LogP contribution in [0.1, 0.15) is 148 Å². The van der Waals surface area contributed by atoms with Crippen molar-refractivity contribution in [1.82, 2.24) is 9.97 Å². The van der Waals surface area contributed by atoms with E-state index in [-0.39, 0.29) is 0 Å². The van der Waals surface area contributed by atoms with Gasteiger partial charge in [0.2, 0.25) is 0 Å². The molecule has 238 valence electrons. The summed E-state index contributed by atoms with van der Waals surface area (Å²) in [6.45, 7) is 3.78. The van der Waals surface area contributed by atoms with Gasteiger partial charge in [-0.2, -0.15) is 0 Å². The summed E-state index contributed by atoms with van der Waals surface area (Å²) in [5.41, 5.74) is 3.03. The lowest BCUT2D eigenvalue weighted by atomic mass is 10.1. The maximum absolute atomic E-state index is 6.39. The highest BCUT2D eigenvalue weighted by Crippen LogP contribution is 2.35. The number of rotatable bonds is 26. The Labute approximate surface area is 262 Å². The minimum absolute atomic E-state index is 0.730. The summed E-state index contributed by atoms with van der Waals surface area (Å²) in [5, 5.41) is 0. The van der Waals surface area contributed by atoms with Gasteiger partial charge in [0, 0.05) is 6.07 Å². The number of unbranched alkanes of at least 4 members (excludes halogenated alkanes) is 17. The van der Waals surface area contributed by atoms with Crippen molar-refractivity contribution in [3.8, 4) is 22.9 Å². The molecular weight excluding hydrogens is 528 g/mol. The molecule has 0 unspecified atom stereocenters. The Hall–Kier alpha value is -2.49. The molecule has 1 heterocycles. The second-order valence-corrected chi connectivity index (χ2v) is 13.1. The Bertz CT molecular complexity index is 1100. The summed E-state index contributed by atoms with van der Waals surface area (Å²) in [5.74, 6) is 3.71. The molecule has 43 heavy (non-hydrogen) atoms. The molecule has 4 nitrogen and oxygen atoms in total. The van der Waals surface area contributed by atoms with Crippen LogP contribution in [0.5, 0.6) is 11.5 Å². The fourth-order valence-corrected chi connectivity index (χ4v) is 6.13. The molecule has 1 N–H and O–H groups in total. The monoisotopic (exact) mass is 588 g/mol. The Balaban J connectivity index is 1.16. The number of nitrogens with one attached hydrogen (secondary N) is 1. The summed E-state index contributed by atoms with van der Waals surface area (Å²) in [6.07, 6.45) is 30.0. The lowest BCUT2D eigenvalue weighted by Gasteiger charge is -2.13. The van der Waals surface area contributed by atoms with E-state index < -0.39 is 0 Å². The van der Waals surface area contributed by atoms with E-state index in [4.69, 9.17) is 14.5 Å². The molecule has 1 fully saturated rings. The summed E-state index contributed by atoms with van der Waals surface area (Å²) in [4.78, 5) is 8.33. The maximum atomic E-state index is 6.39. The highest BCUT2D eigenvalue weighted by molar-refractivity contribution is 5.80. The SMILES string of the molecule is CCCCCCCCCCCCCOc1cc(OCCCCCCCCCCC2CC2)ccc1-c1nc2ccccc2[nH]1. The van der Waals surface area contributed by atoms with Gasteiger partial charge < -0.3 is 14.5 Å². The van der Waals surface area contributed by atoms with E-state index in [9.17, 15) is 0 Å². The number of H-pyrrole nitrogens is 1. The first-order valence-corrected chi connectivity index (χ1v) is 18.2. The van der Waals surface area contributed by atoms with Crippen molar-refractivity contribution in [2.45, 2.75) is 148 Å². The Morgan fingerprint density at radius 3 is 1.86 bits per heavy atom. The lowest BCUT2D eigenvalue weighted by molar-refractivity contribution is 0.290. The number of aromatic amines is 1. The van der Waals surface area contributed by atoms with Crippen molar-refractivity contribution in [2.75, 3.05) is 13.2 Å². The van der Waals surface area contributed by atoms with Crippen LogP contribution in [0.3, 0.4) is 0 Å². The van der Waals surface area contributed by atoms with E-state index in [1.54, 1.807) is 0 Å². The second-order valence-electron chi connectivity index (χ2n) is 13.1. The van der Waals surface area contributed by atoms with Crippen molar-refractivity contribution in [1.29, 1.82) is 0 Å². The first-order chi connectivity index (χ1) is 21.3. The number of benzene rings is 2. The quantitative estimate of drug-likeness (QED) is 0.0949. The van der Waals surface area contributed by atoms with Crippen molar-refractivity contribution < 1.29 is 9.47 Å². The predicted octanol–water partition coefficient (Wildman–Crippen LogP) is 12.2. The van der Waals surface area contributed by atoms with E-state index in [1.165, 1.54) is 128 Å². The number of nitrogens with zero attached hydrogens (tertiary/aromatic N) is 1. The molecule has 0 bridgehead atoms. The van der Waals surface area contributed by atoms with Gasteiger partial charge in [-0.3, -0.25) is 0 Å². The molecule has 0 spiro atoms. The number of imidazole rings is 1. The van der Waals surface area contributed by atoms with Crippen molar-refractivity contribution in [3.63, 3.8) is 0 Å². The average Bonchev–Trinajstić information content (AvgIpc) is 3.76. The minimum atomic E-state index is 0.730. The van der Waals surface area contributed by atoms with Crippen molar-refractivity contribution in [2.24, 2.45) is 5.92 Å². The van der Waals surface area contributed by atoms with E-state index in [2.05, 4.69) is 36.2 Å². The maximum Gasteiger partial charge on any atom is 0.142 e. The van der Waals surface area contributed by atoms with Crippen LogP contribution in [-0.2, 0) is 0 Å². The Morgan fingerprint density at radius 2 is 1.23 bits per heavy atom. The number of aromatic nitrogens is 2. The summed E-state index contributed by atoms with van der Waals surface area (Å²) in [6, 6.07) is 14.4. The molecule has 0 radical (unpaired) electrons. The van der Waals surface area contributed by atoms with Gasteiger partial charge in [-0.1, -0.05) is 147 Å². The number of fused-ring (bicyclic) bond motifs is 1. The molecule has 1 aliphatic carbocycles. The zero-order valence-electron chi connectivity index (χ0n) is 27.4. The largest absolute Gasteiger partial charge is 0.493 e. The first-order valence-electron chi connectivity index (χ1n) is 18.2. The first kappa shape index (κ1) is 33.4. The van der Waals surface area contributed by atoms with Crippen LogP contribution in [-0.4, -0.2) is 23.2 Å². The summed E-state index contributed by atoms with van der Waals surface area (Å²) in [7, 11) is 0. The molecule has 1 aliphatic rings. The van der Waals surface area contributed by atoms with Crippen molar-refractivity contribution in [3.05, 3.63) is 42.5 Å². The molecule has 2 aromatic carbocycles. The van der Waals surface area contributed by atoms with Crippen LogP contribution >= 0.6 is 0 Å². The van der Waals surface area contributed by atoms with Gasteiger partial charge >= 0.3 is 0 Å². The van der Waals surface area contributed by atoms with Gasteiger partial charge in [0.15, 0.2) is 0 Å². The highest BCUT2D eigenvalue weighted by atomic mass is 16.5. The molecule has 1 saturated carbocycles. The van der Waals surface area contributed by atoms with Crippen molar-refractivity contribution >= 4 is 11.0 Å². The fourth-order valence-electron chi connectivity index (χ4n) is 6.13. The smallest absolute Gasteiger partial charge is 0.142 e. The molecule has 0 saturated heterocycles. The van der Waals surface area contributed by atoms with Crippen LogP contribution < -0.4 is 9.47 Å². The third-order valence-corrected chi connectivity index (χ3v) is 9.08. The standard InChI is InChI=1S/C39H60N2O2/c1-2-3-4-5-6-7-8-10-14-17-22-31-43-38-32-34(28-29-35(38)39-40-36-24-19-20-25-37(36)41-39)42-30-21-16-13-11-9-12-15-18-23-33-26-27-33/h19-20,24-25,28-29,32-33H,2-18,21-23,26-27,30-31H2,1H3,(H,40,41). The van der Waals surface area contributed by atoms with E-state index in [0.29, 0.717) is 0 Å². The zero-order chi connectivity index (χ0) is 29.8. The van der Waals surface area contributed by atoms with Gasteiger partial charge in [0.25, 0.3) is 0 Å². The van der Waals surface area contributed by atoms with Crippen LogP contribution in [0.2, 0.25) is 0 Å². The van der Waals surface area contributed by atoms with Crippen LogP contribution in [0.15, 0.2) is 42.5 Å². The molecule has 3 aromatic rings. The predicted molar refractivity (Wildman–Crippen MR) is 183 cm³/mol. The van der Waals surface area contributed by atoms with Gasteiger partial charge in [0.1, 0.15) is 17.3 Å². The molecule has 0 atom stereocenters. The summed E-state index contributed by atoms with van der Waals surface area (Å²) >= 11 is 0. The fraction of sp³-hybridized carbons (Fsp3) is 0.667. The third-order valence-electron chi connectivity index (χ3n) is 9.08. The Morgan fingerprint density at radius 1 is 0.651 bits per heavy atom. The number of para-hydroxylation sites is 2. The van der Waals surface area contributed by atoms with E-state index in [0.717, 1.165) is 65.9 Å². The molecule has 0 amide bonds. The molecule has 0 aliphatic heterocycles. The van der Waals surface area contributed by atoms with E-state index >= 15 is 0 Å². The number of hydrogen-bond donors (Lipinski definition) is 1. The van der Waals surface area contributed by atoms with Crippen LogP contribution in [0.4, 0.5) is 0 Å². The van der Waals surface area contributed by atoms with Crippen LogP contribution in [0.25, 0.3) is 22.4 Å². The minimum Gasteiger partial charge on any atom is -0.493 e. The second kappa shape index (κ2) is 20.5. The van der Waals surface area contributed by atoms with Gasteiger partial charge in [-0.05, 0) is 43.0 Å². The summed E-state index contributed by atoms with van der Waals surface area (Å²) < 4.78 is 12.6. The highest BCUT2D eigenvalue weighted by Gasteiger charge is 2.19. The number of hydrogen-bond acceptors (Lipinski definition) is 3. The molecular formula is C39H60N2O2. The van der Waals surface area contributed by atoms with Crippen LogP contribution in [0, 0.1) is 5.92 Å². The van der Waals surface area contributed by atoms with Gasteiger partial charge in [-0.25, -0.2) is 4.98 Å². The van der Waals surface area contributed by atoms with Gasteiger partial charge in [-0.15, -0.1) is 0 Å².